The van der Waals surface area contributed by atoms with E-state index in [1.54, 1.807) is 7.11 Å². The third kappa shape index (κ3) is 2.08. The maximum Gasteiger partial charge on any atom is 0.133 e. The molecule has 1 atom stereocenters. The summed E-state index contributed by atoms with van der Waals surface area (Å²) in [5.41, 5.74) is 6.21. The van der Waals surface area contributed by atoms with Gasteiger partial charge in [0.15, 0.2) is 0 Å². The average Bonchev–Trinajstić information content (AvgIpc) is 2.27. The van der Waals surface area contributed by atoms with Crippen LogP contribution < -0.4 is 10.5 Å². The van der Waals surface area contributed by atoms with Gasteiger partial charge in [0.05, 0.1) is 36.3 Å². The van der Waals surface area contributed by atoms with E-state index in [4.69, 9.17) is 15.2 Å². The van der Waals surface area contributed by atoms with Crippen molar-refractivity contribution in [2.24, 2.45) is 5.73 Å². The summed E-state index contributed by atoms with van der Waals surface area (Å²) in [6.45, 7) is 1.24. The Balaban J connectivity index is 2.35. The van der Waals surface area contributed by atoms with Gasteiger partial charge in [-0.15, -0.1) is 0 Å². The molecule has 0 amide bonds. The summed E-state index contributed by atoms with van der Waals surface area (Å²) >= 11 is 3.45. The summed E-state index contributed by atoms with van der Waals surface area (Å²) in [6, 6.07) is 5.79. The fourth-order valence-electron chi connectivity index (χ4n) is 2.08. The third-order valence-electron chi connectivity index (χ3n) is 3.31. The maximum absolute atomic E-state index is 10.0. The highest BCUT2D eigenvalue weighted by atomic mass is 79.9. The van der Waals surface area contributed by atoms with E-state index in [-0.39, 0.29) is 12.0 Å². The van der Waals surface area contributed by atoms with Crippen LogP contribution in [0.25, 0.3) is 0 Å². The zero-order valence-corrected chi connectivity index (χ0v) is 11.2. The fourth-order valence-corrected chi connectivity index (χ4v) is 2.62. The molecule has 1 aromatic rings. The highest BCUT2D eigenvalue weighted by molar-refractivity contribution is 9.10. The number of benzene rings is 1. The molecule has 94 valence electrons. The third-order valence-corrected chi connectivity index (χ3v) is 3.93. The van der Waals surface area contributed by atoms with Crippen LogP contribution >= 0.6 is 15.9 Å². The summed E-state index contributed by atoms with van der Waals surface area (Å²) in [6.07, 6.45) is -0.587. The summed E-state index contributed by atoms with van der Waals surface area (Å²) in [4.78, 5) is 0. The zero-order valence-electron chi connectivity index (χ0n) is 9.65. The van der Waals surface area contributed by atoms with Gasteiger partial charge in [-0.2, -0.15) is 0 Å². The van der Waals surface area contributed by atoms with Gasteiger partial charge in [-0.25, -0.2) is 0 Å². The predicted molar refractivity (Wildman–Crippen MR) is 68.3 cm³/mol. The van der Waals surface area contributed by atoms with Crippen molar-refractivity contribution in [2.45, 2.75) is 11.5 Å². The topological polar surface area (TPSA) is 64.7 Å². The second kappa shape index (κ2) is 4.94. The van der Waals surface area contributed by atoms with Crippen molar-refractivity contribution in [3.63, 3.8) is 0 Å². The van der Waals surface area contributed by atoms with Gasteiger partial charge in [0.2, 0.25) is 0 Å². The lowest BCUT2D eigenvalue weighted by Gasteiger charge is -2.45. The van der Waals surface area contributed by atoms with Crippen LogP contribution in [-0.2, 0) is 10.2 Å². The van der Waals surface area contributed by atoms with E-state index in [2.05, 4.69) is 15.9 Å². The van der Waals surface area contributed by atoms with Crippen molar-refractivity contribution in [3.05, 3.63) is 28.2 Å². The second-order valence-electron chi connectivity index (χ2n) is 4.25. The Morgan fingerprint density at radius 1 is 1.59 bits per heavy atom. The van der Waals surface area contributed by atoms with E-state index in [9.17, 15) is 5.11 Å². The number of methoxy groups -OCH3 is 1. The first kappa shape index (κ1) is 12.8. The molecule has 1 fully saturated rings. The Morgan fingerprint density at radius 2 is 2.29 bits per heavy atom. The van der Waals surface area contributed by atoms with Gasteiger partial charge < -0.3 is 20.3 Å². The summed E-state index contributed by atoms with van der Waals surface area (Å²) in [7, 11) is 1.62. The number of rotatable bonds is 4. The molecule has 2 rings (SSSR count). The molecule has 1 unspecified atom stereocenters. The van der Waals surface area contributed by atoms with Crippen LogP contribution in [0.5, 0.6) is 5.75 Å². The van der Waals surface area contributed by atoms with Crippen LogP contribution in [0.15, 0.2) is 22.7 Å². The molecule has 1 aliphatic rings. The molecule has 0 spiro atoms. The van der Waals surface area contributed by atoms with Crippen molar-refractivity contribution >= 4 is 15.9 Å². The van der Waals surface area contributed by atoms with Gasteiger partial charge >= 0.3 is 0 Å². The normalized spacial score (nSPS) is 19.5. The molecule has 0 radical (unpaired) electrons. The van der Waals surface area contributed by atoms with E-state index < -0.39 is 6.10 Å². The van der Waals surface area contributed by atoms with E-state index in [1.807, 2.05) is 18.2 Å². The lowest BCUT2D eigenvalue weighted by Crippen LogP contribution is -2.57. The summed E-state index contributed by atoms with van der Waals surface area (Å²) < 4.78 is 11.3. The number of aliphatic hydroxyl groups is 1. The van der Waals surface area contributed by atoms with Crippen LogP contribution in [0.2, 0.25) is 0 Å². The van der Waals surface area contributed by atoms with Gasteiger partial charge in [0, 0.05) is 6.54 Å². The molecule has 4 nitrogen and oxygen atoms in total. The molecule has 17 heavy (non-hydrogen) atoms. The summed E-state index contributed by atoms with van der Waals surface area (Å²) in [5.74, 6) is 0.770. The average molecular weight is 302 g/mol. The summed E-state index contributed by atoms with van der Waals surface area (Å²) in [5, 5.41) is 10.0. The van der Waals surface area contributed by atoms with Crippen LogP contribution in [0.4, 0.5) is 0 Å². The quantitative estimate of drug-likeness (QED) is 0.872. The SMILES string of the molecule is COc1ccc(C2(C(O)CN)COC2)cc1Br. The molecule has 1 heterocycles. The van der Waals surface area contributed by atoms with Gasteiger partial charge in [0.25, 0.3) is 0 Å². The molecule has 1 saturated heterocycles. The Bertz CT molecular complexity index is 407. The molecule has 1 aliphatic heterocycles. The number of hydrogen-bond donors (Lipinski definition) is 2. The van der Waals surface area contributed by atoms with Crippen LogP contribution in [0.3, 0.4) is 0 Å². The Labute approximate surface area is 109 Å². The van der Waals surface area contributed by atoms with E-state index in [0.29, 0.717) is 13.2 Å². The van der Waals surface area contributed by atoms with Gasteiger partial charge in [-0.05, 0) is 33.6 Å². The smallest absolute Gasteiger partial charge is 0.133 e. The minimum atomic E-state index is -0.587. The first-order chi connectivity index (χ1) is 8.14. The van der Waals surface area contributed by atoms with E-state index in [1.165, 1.54) is 0 Å². The lowest BCUT2D eigenvalue weighted by molar-refractivity contribution is -0.116. The Hall–Kier alpha value is -0.620. The van der Waals surface area contributed by atoms with Crippen LogP contribution in [0, 0.1) is 0 Å². The number of aliphatic hydroxyl groups excluding tert-OH is 1. The van der Waals surface area contributed by atoms with Gasteiger partial charge in [-0.1, -0.05) is 6.07 Å². The van der Waals surface area contributed by atoms with Crippen LogP contribution in [0.1, 0.15) is 5.56 Å². The maximum atomic E-state index is 10.0. The van der Waals surface area contributed by atoms with Gasteiger partial charge in [0.1, 0.15) is 5.75 Å². The van der Waals surface area contributed by atoms with Crippen molar-refractivity contribution in [1.82, 2.24) is 0 Å². The van der Waals surface area contributed by atoms with Crippen molar-refractivity contribution in [3.8, 4) is 5.75 Å². The molecule has 1 aromatic carbocycles. The van der Waals surface area contributed by atoms with Gasteiger partial charge in [-0.3, -0.25) is 0 Å². The molecule has 0 aliphatic carbocycles. The Kier molecular flexibility index (Phi) is 3.73. The van der Waals surface area contributed by atoms with Crippen molar-refractivity contribution in [1.29, 1.82) is 0 Å². The Morgan fingerprint density at radius 3 is 2.71 bits per heavy atom. The molecule has 5 heteroatoms. The monoisotopic (exact) mass is 301 g/mol. The predicted octanol–water partition coefficient (Wildman–Crippen LogP) is 1.05. The number of nitrogens with two attached hydrogens (primary N) is 1. The highest BCUT2D eigenvalue weighted by Gasteiger charge is 2.46. The zero-order chi connectivity index (χ0) is 12.5. The molecule has 0 bridgehead atoms. The van der Waals surface area contributed by atoms with Crippen molar-refractivity contribution in [2.75, 3.05) is 26.9 Å². The number of halogens is 1. The van der Waals surface area contributed by atoms with E-state index >= 15 is 0 Å². The lowest BCUT2D eigenvalue weighted by atomic mass is 9.74. The minimum absolute atomic E-state index is 0.229. The fraction of sp³-hybridized carbons (Fsp3) is 0.500. The first-order valence-electron chi connectivity index (χ1n) is 5.44. The van der Waals surface area contributed by atoms with Crippen molar-refractivity contribution < 1.29 is 14.6 Å². The minimum Gasteiger partial charge on any atom is -0.496 e. The van der Waals surface area contributed by atoms with E-state index in [0.717, 1.165) is 15.8 Å². The largest absolute Gasteiger partial charge is 0.496 e. The molecular formula is C12H16BrNO3. The van der Waals surface area contributed by atoms with Crippen LogP contribution in [-0.4, -0.2) is 38.1 Å². The first-order valence-corrected chi connectivity index (χ1v) is 6.23. The molecule has 0 aromatic heterocycles. The number of hydrogen-bond acceptors (Lipinski definition) is 4. The molecule has 0 saturated carbocycles. The highest BCUT2D eigenvalue weighted by Crippen LogP contribution is 2.38. The molecule has 3 N–H and O–H groups in total. The number of ether oxygens (including phenoxy) is 2. The molecular weight excluding hydrogens is 286 g/mol. The second-order valence-corrected chi connectivity index (χ2v) is 5.10. The standard InChI is InChI=1S/C12H16BrNO3/c1-16-10-3-2-8(4-9(10)13)12(6-17-7-12)11(15)5-14/h2-4,11,15H,5-7,14H2,1H3.